The fourth-order valence-electron chi connectivity index (χ4n) is 2.47. The van der Waals surface area contributed by atoms with Gasteiger partial charge in [-0.3, -0.25) is 4.99 Å². The minimum absolute atomic E-state index is 0.0923. The Morgan fingerprint density at radius 2 is 1.64 bits per heavy atom. The van der Waals surface area contributed by atoms with Gasteiger partial charge in [-0.05, 0) is 65.7 Å². The Kier molecular flexibility index (Phi) is 6.37. The molecule has 3 aromatic rings. The van der Waals surface area contributed by atoms with Crippen LogP contribution in [0.5, 0.6) is 5.75 Å². The number of nitrogens with zero attached hydrogens (tertiary/aromatic N) is 1. The third-order valence-corrected chi connectivity index (χ3v) is 6.28. The lowest BCUT2D eigenvalue weighted by molar-refractivity contribution is 0.484. The quantitative estimate of drug-likeness (QED) is 0.290. The molecule has 0 spiro atoms. The third kappa shape index (κ3) is 4.90. The van der Waals surface area contributed by atoms with E-state index in [1.54, 1.807) is 30.5 Å². The van der Waals surface area contributed by atoms with Gasteiger partial charge < -0.3 is 4.18 Å². The number of hydrogen-bond donors (Lipinski definition) is 0. The number of para-hydroxylation sites is 1. The Morgan fingerprint density at radius 1 is 0.964 bits per heavy atom. The molecule has 0 unspecified atom stereocenters. The maximum Gasteiger partial charge on any atom is 0.339 e. The van der Waals surface area contributed by atoms with Crippen molar-refractivity contribution in [2.45, 2.75) is 18.7 Å². The summed E-state index contributed by atoms with van der Waals surface area (Å²) >= 11 is 6.82. The SMILES string of the molecule is Cc1ccc(S(=O)(=O)Oc2c(Br)cc(Br)cc2C=Nc2ccccc2C)cc1. The molecule has 28 heavy (non-hydrogen) atoms. The standard InChI is InChI=1S/C21H17Br2NO3S/c1-14-7-9-18(10-8-14)28(25,26)27-21-16(11-17(22)12-19(21)23)13-24-20-6-4-3-5-15(20)2/h3-13H,1-2H3. The summed E-state index contributed by atoms with van der Waals surface area (Å²) in [6.07, 6.45) is 1.60. The second kappa shape index (κ2) is 8.59. The van der Waals surface area contributed by atoms with Crippen LogP contribution in [0.4, 0.5) is 5.69 Å². The highest BCUT2D eigenvalue weighted by atomic mass is 79.9. The fraction of sp³-hybridized carbons (Fsp3) is 0.0952. The van der Waals surface area contributed by atoms with Crippen molar-refractivity contribution >= 4 is 53.9 Å². The molecule has 0 N–H and O–H groups in total. The number of hydrogen-bond acceptors (Lipinski definition) is 4. The number of aliphatic imine (C=N–C) groups is 1. The molecule has 7 heteroatoms. The zero-order chi connectivity index (χ0) is 20.3. The maximum atomic E-state index is 12.7. The van der Waals surface area contributed by atoms with Crippen LogP contribution in [0.2, 0.25) is 0 Å². The molecule has 3 rings (SSSR count). The van der Waals surface area contributed by atoms with Crippen molar-refractivity contribution in [2.24, 2.45) is 4.99 Å². The van der Waals surface area contributed by atoms with Crippen LogP contribution >= 0.6 is 31.9 Å². The second-order valence-electron chi connectivity index (χ2n) is 6.20. The molecule has 0 saturated heterocycles. The van der Waals surface area contributed by atoms with Crippen LogP contribution in [-0.4, -0.2) is 14.6 Å². The Hall–Kier alpha value is -1.96. The van der Waals surface area contributed by atoms with Gasteiger partial charge in [0.2, 0.25) is 0 Å². The van der Waals surface area contributed by atoms with E-state index in [9.17, 15) is 8.42 Å². The molecular weight excluding hydrogens is 506 g/mol. The Labute approximate surface area is 181 Å². The van der Waals surface area contributed by atoms with Gasteiger partial charge in [0, 0.05) is 16.3 Å². The molecule has 144 valence electrons. The van der Waals surface area contributed by atoms with E-state index in [0.29, 0.717) is 10.0 Å². The van der Waals surface area contributed by atoms with Gasteiger partial charge in [-0.1, -0.05) is 51.8 Å². The van der Waals surface area contributed by atoms with Crippen LogP contribution in [0, 0.1) is 13.8 Å². The number of halogens is 2. The average molecular weight is 523 g/mol. The fourth-order valence-corrected chi connectivity index (χ4v) is 4.89. The Morgan fingerprint density at radius 3 is 2.32 bits per heavy atom. The van der Waals surface area contributed by atoms with E-state index in [4.69, 9.17) is 4.18 Å². The number of aryl methyl sites for hydroxylation is 2. The van der Waals surface area contributed by atoms with E-state index < -0.39 is 10.1 Å². The van der Waals surface area contributed by atoms with E-state index in [1.807, 2.05) is 38.1 Å². The molecule has 0 heterocycles. The van der Waals surface area contributed by atoms with Crippen molar-refractivity contribution in [3.05, 3.63) is 86.3 Å². The molecule has 0 amide bonds. The average Bonchev–Trinajstić information content (AvgIpc) is 2.64. The molecule has 0 aliphatic heterocycles. The smallest absolute Gasteiger partial charge is 0.339 e. The summed E-state index contributed by atoms with van der Waals surface area (Å²) in [5, 5.41) is 0. The van der Waals surface area contributed by atoms with Crippen molar-refractivity contribution in [2.75, 3.05) is 0 Å². The minimum atomic E-state index is -3.99. The van der Waals surface area contributed by atoms with Gasteiger partial charge in [0.25, 0.3) is 0 Å². The lowest BCUT2D eigenvalue weighted by atomic mass is 10.2. The van der Waals surface area contributed by atoms with Crippen LogP contribution in [-0.2, 0) is 10.1 Å². The first-order valence-electron chi connectivity index (χ1n) is 8.36. The van der Waals surface area contributed by atoms with E-state index >= 15 is 0 Å². The first-order valence-corrected chi connectivity index (χ1v) is 11.4. The topological polar surface area (TPSA) is 55.7 Å². The lowest BCUT2D eigenvalue weighted by Crippen LogP contribution is -2.11. The van der Waals surface area contributed by atoms with E-state index in [2.05, 4.69) is 36.9 Å². The summed E-state index contributed by atoms with van der Waals surface area (Å²) in [6.45, 7) is 3.85. The molecule has 0 fully saturated rings. The van der Waals surface area contributed by atoms with Gasteiger partial charge in [-0.15, -0.1) is 0 Å². The second-order valence-corrected chi connectivity index (χ2v) is 9.52. The summed E-state index contributed by atoms with van der Waals surface area (Å²) in [4.78, 5) is 4.58. The summed E-state index contributed by atoms with van der Waals surface area (Å²) in [5.74, 6) is 0.182. The van der Waals surface area contributed by atoms with E-state index in [0.717, 1.165) is 21.3 Å². The van der Waals surface area contributed by atoms with Gasteiger partial charge >= 0.3 is 10.1 Å². The zero-order valence-electron chi connectivity index (χ0n) is 15.2. The normalized spacial score (nSPS) is 11.7. The third-order valence-electron chi connectivity index (χ3n) is 4.00. The highest BCUT2D eigenvalue weighted by Crippen LogP contribution is 2.34. The first kappa shape index (κ1) is 20.8. The first-order chi connectivity index (χ1) is 13.3. The van der Waals surface area contributed by atoms with Crippen molar-refractivity contribution in [3.8, 4) is 5.75 Å². The predicted octanol–water partition coefficient (Wildman–Crippen LogP) is 6.35. The molecule has 0 aromatic heterocycles. The zero-order valence-corrected chi connectivity index (χ0v) is 19.2. The lowest BCUT2D eigenvalue weighted by Gasteiger charge is -2.12. The molecule has 0 saturated carbocycles. The van der Waals surface area contributed by atoms with Crippen LogP contribution in [0.3, 0.4) is 0 Å². The molecule has 3 aromatic carbocycles. The summed E-state index contributed by atoms with van der Waals surface area (Å²) in [5.41, 5.74) is 3.31. The minimum Gasteiger partial charge on any atom is -0.377 e. The molecular formula is C21H17Br2NO3S. The van der Waals surface area contributed by atoms with Crippen LogP contribution in [0.25, 0.3) is 0 Å². The van der Waals surface area contributed by atoms with Crippen molar-refractivity contribution in [3.63, 3.8) is 0 Å². The molecule has 0 radical (unpaired) electrons. The predicted molar refractivity (Wildman–Crippen MR) is 119 cm³/mol. The van der Waals surface area contributed by atoms with Crippen molar-refractivity contribution in [1.82, 2.24) is 0 Å². The summed E-state index contributed by atoms with van der Waals surface area (Å²) < 4.78 is 32.2. The molecule has 0 aliphatic rings. The number of rotatable bonds is 5. The van der Waals surface area contributed by atoms with Crippen LogP contribution in [0.1, 0.15) is 16.7 Å². The Bertz CT molecular complexity index is 1140. The summed E-state index contributed by atoms with van der Waals surface area (Å²) in [7, 11) is -3.99. The van der Waals surface area contributed by atoms with Crippen molar-refractivity contribution < 1.29 is 12.6 Å². The molecule has 0 bridgehead atoms. The van der Waals surface area contributed by atoms with Gasteiger partial charge in [-0.25, -0.2) is 0 Å². The van der Waals surface area contributed by atoms with E-state index in [-0.39, 0.29) is 10.6 Å². The summed E-state index contributed by atoms with van der Waals surface area (Å²) in [6, 6.07) is 17.7. The van der Waals surface area contributed by atoms with Gasteiger partial charge in [0.1, 0.15) is 4.90 Å². The van der Waals surface area contributed by atoms with Crippen LogP contribution in [0.15, 0.2) is 79.5 Å². The van der Waals surface area contributed by atoms with Gasteiger partial charge in [0.05, 0.1) is 10.2 Å². The van der Waals surface area contributed by atoms with Gasteiger partial charge in [0.15, 0.2) is 5.75 Å². The number of benzene rings is 3. The van der Waals surface area contributed by atoms with Gasteiger partial charge in [-0.2, -0.15) is 8.42 Å². The molecule has 0 aliphatic carbocycles. The van der Waals surface area contributed by atoms with Crippen molar-refractivity contribution in [1.29, 1.82) is 0 Å². The Balaban J connectivity index is 2.01. The molecule has 4 nitrogen and oxygen atoms in total. The highest BCUT2D eigenvalue weighted by molar-refractivity contribution is 9.11. The molecule has 0 atom stereocenters. The monoisotopic (exact) mass is 521 g/mol. The maximum absolute atomic E-state index is 12.7. The largest absolute Gasteiger partial charge is 0.377 e. The van der Waals surface area contributed by atoms with Crippen LogP contribution < -0.4 is 4.18 Å². The highest BCUT2D eigenvalue weighted by Gasteiger charge is 2.20. The van der Waals surface area contributed by atoms with E-state index in [1.165, 1.54) is 12.1 Å².